The largest absolute Gasteiger partial charge is 0.493 e. The number of aryl methyl sites for hydroxylation is 1. The lowest BCUT2D eigenvalue weighted by atomic mass is 9.96. The van der Waals surface area contributed by atoms with E-state index < -0.39 is 0 Å². The highest BCUT2D eigenvalue weighted by atomic mass is 16.5. The van der Waals surface area contributed by atoms with Crippen molar-refractivity contribution in [3.05, 3.63) is 71.8 Å². The molecule has 34 heavy (non-hydrogen) atoms. The molecule has 0 radical (unpaired) electrons. The summed E-state index contributed by atoms with van der Waals surface area (Å²) in [5.41, 5.74) is 7.11. The summed E-state index contributed by atoms with van der Waals surface area (Å²) in [6.07, 6.45) is 0.580. The first-order chi connectivity index (χ1) is 16.5. The summed E-state index contributed by atoms with van der Waals surface area (Å²) < 4.78 is 11.1. The van der Waals surface area contributed by atoms with E-state index in [0.717, 1.165) is 41.1 Å². The molecule has 0 spiro atoms. The van der Waals surface area contributed by atoms with Crippen molar-refractivity contribution in [3.63, 3.8) is 0 Å². The molecule has 0 bridgehead atoms. The molecule has 0 saturated heterocycles. The Morgan fingerprint density at radius 3 is 2.18 bits per heavy atom. The van der Waals surface area contributed by atoms with Gasteiger partial charge in [0.1, 0.15) is 5.75 Å². The second-order valence-electron chi connectivity index (χ2n) is 8.11. The lowest BCUT2D eigenvalue weighted by Gasteiger charge is -2.24. The maximum absolute atomic E-state index is 12.0. The van der Waals surface area contributed by atoms with Crippen LogP contribution in [-0.2, 0) is 4.74 Å². The fraction of sp³-hybridized carbons (Fsp3) is 0.345. The molecule has 0 unspecified atom stereocenters. The summed E-state index contributed by atoms with van der Waals surface area (Å²) in [6.45, 7) is 11.1. The Morgan fingerprint density at radius 2 is 1.56 bits per heavy atom. The molecule has 3 aromatic rings. The zero-order chi connectivity index (χ0) is 24.5. The van der Waals surface area contributed by atoms with E-state index in [1.807, 2.05) is 24.3 Å². The number of hydrogen-bond donors (Lipinski definition) is 1. The first kappa shape index (κ1) is 25.3. The van der Waals surface area contributed by atoms with Crippen molar-refractivity contribution >= 4 is 11.7 Å². The van der Waals surface area contributed by atoms with E-state index in [1.54, 1.807) is 19.1 Å². The minimum Gasteiger partial charge on any atom is -0.493 e. The van der Waals surface area contributed by atoms with Crippen molar-refractivity contribution in [2.45, 2.75) is 34.1 Å². The van der Waals surface area contributed by atoms with Crippen molar-refractivity contribution in [1.29, 1.82) is 0 Å². The number of esters is 1. The van der Waals surface area contributed by atoms with Crippen LogP contribution in [0.5, 0.6) is 5.75 Å². The Balaban J connectivity index is 2.00. The monoisotopic (exact) mass is 461 g/mol. The van der Waals surface area contributed by atoms with E-state index in [1.165, 1.54) is 11.3 Å². The lowest BCUT2D eigenvalue weighted by Crippen LogP contribution is -2.22. The van der Waals surface area contributed by atoms with E-state index in [9.17, 15) is 4.79 Å². The van der Waals surface area contributed by atoms with Crippen LogP contribution < -0.4 is 9.64 Å². The second-order valence-corrected chi connectivity index (χ2v) is 8.11. The van der Waals surface area contributed by atoms with E-state index >= 15 is 0 Å². The predicted molar refractivity (Wildman–Crippen MR) is 139 cm³/mol. The Labute approximate surface area is 203 Å². The van der Waals surface area contributed by atoms with Crippen LogP contribution in [0.2, 0.25) is 0 Å². The molecular weight excluding hydrogens is 426 g/mol. The predicted octanol–water partition coefficient (Wildman–Crippen LogP) is 6.11. The summed E-state index contributed by atoms with van der Waals surface area (Å²) in [5, 5.41) is 9.17. The molecule has 180 valence electrons. The summed E-state index contributed by atoms with van der Waals surface area (Å²) in [6, 6.07) is 20.1. The fourth-order valence-corrected chi connectivity index (χ4v) is 4.06. The number of ether oxygens (including phenoxy) is 2. The highest BCUT2D eigenvalue weighted by molar-refractivity contribution is 5.90. The molecule has 3 aromatic carbocycles. The standard InChI is InChI=1S/C29H35NO4/c1-5-30(6-2)27-15-13-25(19-21(27)4)26-20-24(14-16-28(26)34-18-8-17-31)22-9-11-23(12-10-22)29(32)33-7-3/h9-16,19-20,31H,5-8,17-18H2,1-4H3. The van der Waals surface area contributed by atoms with Gasteiger partial charge in [0.25, 0.3) is 0 Å². The molecule has 1 N–H and O–H groups in total. The molecule has 5 heteroatoms. The van der Waals surface area contributed by atoms with Crippen LogP contribution in [0.1, 0.15) is 43.1 Å². The third-order valence-electron chi connectivity index (χ3n) is 5.88. The number of nitrogens with zero attached hydrogens (tertiary/aromatic N) is 1. The number of benzene rings is 3. The highest BCUT2D eigenvalue weighted by Crippen LogP contribution is 2.36. The second kappa shape index (κ2) is 12.2. The van der Waals surface area contributed by atoms with Gasteiger partial charge in [-0.25, -0.2) is 4.79 Å². The van der Waals surface area contributed by atoms with Crippen LogP contribution in [0, 0.1) is 6.92 Å². The van der Waals surface area contributed by atoms with Crippen LogP contribution in [0.4, 0.5) is 5.69 Å². The van der Waals surface area contributed by atoms with Crippen LogP contribution in [0.25, 0.3) is 22.3 Å². The van der Waals surface area contributed by atoms with Gasteiger partial charge in [0.15, 0.2) is 0 Å². The Kier molecular flexibility index (Phi) is 9.11. The summed E-state index contributed by atoms with van der Waals surface area (Å²) in [7, 11) is 0. The van der Waals surface area contributed by atoms with E-state index in [4.69, 9.17) is 14.6 Å². The minimum absolute atomic E-state index is 0.0951. The number of aliphatic hydroxyl groups excluding tert-OH is 1. The van der Waals surface area contributed by atoms with E-state index in [-0.39, 0.29) is 12.6 Å². The van der Waals surface area contributed by atoms with Gasteiger partial charge in [0, 0.05) is 37.4 Å². The van der Waals surface area contributed by atoms with Crippen molar-refractivity contribution in [2.75, 3.05) is 37.8 Å². The SMILES string of the molecule is CCOC(=O)c1ccc(-c2ccc(OCCCO)c(-c3ccc(N(CC)CC)c(C)c3)c2)cc1. The molecule has 0 saturated carbocycles. The molecule has 0 fully saturated rings. The molecule has 0 aliphatic rings. The van der Waals surface area contributed by atoms with Crippen molar-refractivity contribution in [1.82, 2.24) is 0 Å². The van der Waals surface area contributed by atoms with Crippen LogP contribution in [0.3, 0.4) is 0 Å². The smallest absolute Gasteiger partial charge is 0.338 e. The number of carbonyl (C=O) groups is 1. The highest BCUT2D eigenvalue weighted by Gasteiger charge is 2.13. The van der Waals surface area contributed by atoms with Gasteiger partial charge in [-0.2, -0.15) is 0 Å². The number of aliphatic hydroxyl groups is 1. The number of anilines is 1. The molecule has 0 atom stereocenters. The normalized spacial score (nSPS) is 10.7. The summed E-state index contributed by atoms with van der Waals surface area (Å²) in [4.78, 5) is 14.3. The Bertz CT molecular complexity index is 1090. The van der Waals surface area contributed by atoms with Gasteiger partial charge in [-0.15, -0.1) is 0 Å². The van der Waals surface area contributed by atoms with Gasteiger partial charge < -0.3 is 19.5 Å². The van der Waals surface area contributed by atoms with Gasteiger partial charge in [-0.05, 0) is 86.3 Å². The van der Waals surface area contributed by atoms with Gasteiger partial charge in [-0.3, -0.25) is 0 Å². The molecule has 0 heterocycles. The summed E-state index contributed by atoms with van der Waals surface area (Å²) >= 11 is 0. The average molecular weight is 462 g/mol. The zero-order valence-corrected chi connectivity index (χ0v) is 20.6. The van der Waals surface area contributed by atoms with Gasteiger partial charge in [0.2, 0.25) is 0 Å². The van der Waals surface area contributed by atoms with Gasteiger partial charge >= 0.3 is 5.97 Å². The molecule has 0 amide bonds. The first-order valence-corrected chi connectivity index (χ1v) is 12.0. The van der Waals surface area contributed by atoms with Crippen molar-refractivity contribution in [3.8, 4) is 28.0 Å². The molecule has 0 aromatic heterocycles. The third kappa shape index (κ3) is 5.97. The topological polar surface area (TPSA) is 59.0 Å². The third-order valence-corrected chi connectivity index (χ3v) is 5.88. The van der Waals surface area contributed by atoms with Crippen LogP contribution in [0.15, 0.2) is 60.7 Å². The average Bonchev–Trinajstić information content (AvgIpc) is 2.86. The number of hydrogen-bond acceptors (Lipinski definition) is 5. The van der Waals surface area contributed by atoms with Crippen molar-refractivity contribution in [2.24, 2.45) is 0 Å². The summed E-state index contributed by atoms with van der Waals surface area (Å²) in [5.74, 6) is 0.474. The maximum Gasteiger partial charge on any atom is 0.338 e. The van der Waals surface area contributed by atoms with E-state index in [0.29, 0.717) is 25.2 Å². The van der Waals surface area contributed by atoms with Crippen molar-refractivity contribution < 1.29 is 19.4 Å². The molecule has 0 aliphatic heterocycles. The zero-order valence-electron chi connectivity index (χ0n) is 20.6. The Hall–Kier alpha value is -3.31. The van der Waals surface area contributed by atoms with Crippen LogP contribution in [-0.4, -0.2) is 44.0 Å². The Morgan fingerprint density at radius 1 is 0.882 bits per heavy atom. The minimum atomic E-state index is -0.314. The number of rotatable bonds is 11. The van der Waals surface area contributed by atoms with Crippen LogP contribution >= 0.6 is 0 Å². The molecular formula is C29H35NO4. The quantitative estimate of drug-likeness (QED) is 0.276. The first-order valence-electron chi connectivity index (χ1n) is 12.0. The maximum atomic E-state index is 12.0. The molecule has 0 aliphatic carbocycles. The van der Waals surface area contributed by atoms with Gasteiger partial charge in [-0.1, -0.05) is 24.3 Å². The molecule has 5 nitrogen and oxygen atoms in total. The fourth-order valence-electron chi connectivity index (χ4n) is 4.06. The van der Waals surface area contributed by atoms with Gasteiger partial charge in [0.05, 0.1) is 18.8 Å². The van der Waals surface area contributed by atoms with E-state index in [2.05, 4.69) is 49.9 Å². The molecule has 3 rings (SSSR count). The number of carbonyl (C=O) groups excluding carboxylic acids is 1. The lowest BCUT2D eigenvalue weighted by molar-refractivity contribution is 0.0526.